The summed E-state index contributed by atoms with van der Waals surface area (Å²) in [6.45, 7) is 13.7. The Morgan fingerprint density at radius 3 is 2.11 bits per heavy atom. The fourth-order valence-corrected chi connectivity index (χ4v) is 3.38. The summed E-state index contributed by atoms with van der Waals surface area (Å²) in [6.07, 6.45) is 1.27. The van der Waals surface area contributed by atoms with E-state index >= 15 is 0 Å². The summed E-state index contributed by atoms with van der Waals surface area (Å²) < 4.78 is 7.49. The Morgan fingerprint density at radius 2 is 1.67 bits per heavy atom. The van der Waals surface area contributed by atoms with Gasteiger partial charge in [-0.2, -0.15) is 0 Å². The first kappa shape index (κ1) is 15.9. The fraction of sp³-hybridized carbons (Fsp3) is 0.600. The second-order valence-electron chi connectivity index (χ2n) is 6.52. The van der Waals surface area contributed by atoms with E-state index in [0.717, 1.165) is 10.9 Å². The molecular weight excluding hydrogens is 304 g/mol. The Balaban J connectivity index is 2.62. The van der Waals surface area contributed by atoms with Crippen LogP contribution in [0.1, 0.15) is 33.3 Å². The van der Waals surface area contributed by atoms with E-state index in [1.165, 1.54) is 5.56 Å². The summed E-state index contributed by atoms with van der Waals surface area (Å²) in [6, 6.07) is 8.51. The Bertz CT molecular complexity index is 378. The molecule has 0 aromatic heterocycles. The molecule has 0 N–H and O–H groups in total. The molecule has 0 heterocycles. The summed E-state index contributed by atoms with van der Waals surface area (Å²) in [7, 11) is -1.64. The molecule has 0 spiro atoms. The highest BCUT2D eigenvalue weighted by atomic mass is 79.9. The van der Waals surface area contributed by atoms with Gasteiger partial charge in [0.2, 0.25) is 0 Å². The number of hydrogen-bond donors (Lipinski definition) is 0. The fourth-order valence-electron chi connectivity index (χ4n) is 1.67. The van der Waals surface area contributed by atoms with Crippen molar-refractivity contribution in [1.82, 2.24) is 0 Å². The van der Waals surface area contributed by atoms with Crippen molar-refractivity contribution in [2.24, 2.45) is 0 Å². The van der Waals surface area contributed by atoms with Crippen molar-refractivity contribution in [3.05, 3.63) is 34.3 Å². The largest absolute Gasteiger partial charge is 0.414 e. The van der Waals surface area contributed by atoms with Crippen molar-refractivity contribution in [2.45, 2.75) is 58.4 Å². The maximum atomic E-state index is 6.36. The molecule has 0 radical (unpaired) electrons. The average Bonchev–Trinajstić information content (AvgIpc) is 2.19. The topological polar surface area (TPSA) is 9.23 Å². The normalized spacial score (nSPS) is 14.6. The summed E-state index contributed by atoms with van der Waals surface area (Å²) in [5.41, 5.74) is 1.34. The molecule has 1 nitrogen and oxygen atoms in total. The van der Waals surface area contributed by atoms with Crippen LogP contribution in [0.2, 0.25) is 18.1 Å². The number of benzene rings is 1. The van der Waals surface area contributed by atoms with Crippen LogP contribution in [0, 0.1) is 0 Å². The number of rotatable bonds is 4. The molecule has 0 saturated heterocycles. The lowest BCUT2D eigenvalue weighted by atomic mass is 10.1. The number of hydrogen-bond acceptors (Lipinski definition) is 1. The van der Waals surface area contributed by atoms with E-state index < -0.39 is 8.32 Å². The molecular formula is C15H25BrOSi. The van der Waals surface area contributed by atoms with Crippen LogP contribution >= 0.6 is 15.9 Å². The molecule has 0 aliphatic rings. The molecule has 18 heavy (non-hydrogen) atoms. The molecule has 1 atom stereocenters. The molecule has 1 rings (SSSR count). The van der Waals surface area contributed by atoms with Crippen molar-refractivity contribution in [3.63, 3.8) is 0 Å². The molecule has 0 unspecified atom stereocenters. The minimum absolute atomic E-state index is 0.279. The van der Waals surface area contributed by atoms with E-state index in [1.54, 1.807) is 0 Å². The molecule has 0 saturated carbocycles. The van der Waals surface area contributed by atoms with Crippen molar-refractivity contribution >= 4 is 24.2 Å². The lowest BCUT2D eigenvalue weighted by Gasteiger charge is -2.38. The van der Waals surface area contributed by atoms with Crippen LogP contribution in [0.15, 0.2) is 28.7 Å². The van der Waals surface area contributed by atoms with Gasteiger partial charge >= 0.3 is 0 Å². The van der Waals surface area contributed by atoms with Crippen LogP contribution < -0.4 is 0 Å². The highest BCUT2D eigenvalue weighted by molar-refractivity contribution is 9.10. The predicted octanol–water partition coefficient (Wildman–Crippen LogP) is 5.40. The van der Waals surface area contributed by atoms with Crippen LogP contribution in [-0.4, -0.2) is 14.4 Å². The van der Waals surface area contributed by atoms with Gasteiger partial charge in [-0.25, -0.2) is 0 Å². The third-order valence-corrected chi connectivity index (χ3v) is 8.87. The maximum absolute atomic E-state index is 6.36. The van der Waals surface area contributed by atoms with Gasteiger partial charge < -0.3 is 4.43 Å². The van der Waals surface area contributed by atoms with Gasteiger partial charge in [0.15, 0.2) is 8.32 Å². The predicted molar refractivity (Wildman–Crippen MR) is 85.6 cm³/mol. The van der Waals surface area contributed by atoms with E-state index in [0.29, 0.717) is 0 Å². The Morgan fingerprint density at radius 1 is 1.17 bits per heavy atom. The van der Waals surface area contributed by atoms with E-state index in [1.807, 2.05) is 0 Å². The third-order valence-electron chi connectivity index (χ3n) is 3.74. The van der Waals surface area contributed by atoms with Crippen LogP contribution in [0.5, 0.6) is 0 Å². The van der Waals surface area contributed by atoms with Crippen LogP contribution in [0.3, 0.4) is 0 Å². The molecule has 0 bridgehead atoms. The highest BCUT2D eigenvalue weighted by Gasteiger charge is 2.38. The minimum atomic E-state index is -1.64. The smallest absolute Gasteiger partial charge is 0.192 e. The molecule has 0 fully saturated rings. The minimum Gasteiger partial charge on any atom is -0.414 e. The first-order valence-electron chi connectivity index (χ1n) is 6.54. The van der Waals surface area contributed by atoms with Gasteiger partial charge in [-0.1, -0.05) is 48.8 Å². The van der Waals surface area contributed by atoms with Gasteiger partial charge in [0.05, 0.1) is 0 Å². The van der Waals surface area contributed by atoms with Crippen LogP contribution in [0.25, 0.3) is 0 Å². The Hall–Kier alpha value is -0.123. The van der Waals surface area contributed by atoms with Crippen molar-refractivity contribution in [3.8, 4) is 0 Å². The van der Waals surface area contributed by atoms with E-state index in [2.05, 4.69) is 81.0 Å². The third kappa shape index (κ3) is 4.52. The molecule has 102 valence electrons. The van der Waals surface area contributed by atoms with Crippen molar-refractivity contribution < 1.29 is 4.43 Å². The van der Waals surface area contributed by atoms with E-state index in [9.17, 15) is 0 Å². The summed E-state index contributed by atoms with van der Waals surface area (Å²) >= 11 is 3.46. The van der Waals surface area contributed by atoms with Gasteiger partial charge in [0.25, 0.3) is 0 Å². The lowest BCUT2D eigenvalue weighted by molar-refractivity contribution is 0.199. The summed E-state index contributed by atoms with van der Waals surface area (Å²) in [4.78, 5) is 0. The summed E-state index contributed by atoms with van der Waals surface area (Å²) in [5, 5.41) is 0.279. The second kappa shape index (κ2) is 5.89. The van der Waals surface area contributed by atoms with Crippen LogP contribution in [0.4, 0.5) is 0 Å². The van der Waals surface area contributed by atoms with Gasteiger partial charge in [-0.3, -0.25) is 0 Å². The zero-order valence-electron chi connectivity index (χ0n) is 12.4. The van der Waals surface area contributed by atoms with Gasteiger partial charge in [-0.15, -0.1) is 0 Å². The zero-order chi connectivity index (χ0) is 14.0. The second-order valence-corrected chi connectivity index (χ2v) is 12.2. The summed E-state index contributed by atoms with van der Waals surface area (Å²) in [5.74, 6) is 0. The number of halogens is 1. The van der Waals surface area contributed by atoms with Crippen molar-refractivity contribution in [1.29, 1.82) is 0 Å². The molecule has 1 aromatic carbocycles. The molecule has 0 aliphatic heterocycles. The van der Waals surface area contributed by atoms with Gasteiger partial charge in [0, 0.05) is 10.6 Å². The van der Waals surface area contributed by atoms with Gasteiger partial charge in [-0.05, 0) is 49.2 Å². The van der Waals surface area contributed by atoms with E-state index in [4.69, 9.17) is 4.43 Å². The van der Waals surface area contributed by atoms with Crippen molar-refractivity contribution in [2.75, 3.05) is 0 Å². The first-order valence-corrected chi connectivity index (χ1v) is 10.2. The standard InChI is InChI=1S/C15H25BrOSi/c1-12(17-18(5,6)15(2,3)4)11-13-7-9-14(16)10-8-13/h7-10,12H,11H2,1-6H3/t12-/m0/s1. The zero-order valence-corrected chi connectivity index (χ0v) is 15.0. The SMILES string of the molecule is C[C@@H](Cc1ccc(Br)cc1)O[Si](C)(C)C(C)(C)C. The first-order chi connectivity index (χ1) is 8.12. The van der Waals surface area contributed by atoms with Crippen LogP contribution in [-0.2, 0) is 10.8 Å². The highest BCUT2D eigenvalue weighted by Crippen LogP contribution is 2.37. The monoisotopic (exact) mass is 328 g/mol. The molecule has 0 amide bonds. The van der Waals surface area contributed by atoms with Gasteiger partial charge in [0.1, 0.15) is 0 Å². The quantitative estimate of drug-likeness (QED) is 0.672. The maximum Gasteiger partial charge on any atom is 0.192 e. The Labute approximate surface area is 121 Å². The Kier molecular flexibility index (Phi) is 5.21. The average molecular weight is 329 g/mol. The molecule has 0 aliphatic carbocycles. The lowest BCUT2D eigenvalue weighted by Crippen LogP contribution is -2.43. The van der Waals surface area contributed by atoms with E-state index in [-0.39, 0.29) is 11.1 Å². The molecule has 3 heteroatoms. The molecule has 1 aromatic rings.